The van der Waals surface area contributed by atoms with E-state index in [1.165, 1.54) is 18.5 Å². The van der Waals surface area contributed by atoms with Crippen molar-refractivity contribution in [2.45, 2.75) is 12.8 Å². The Hall–Kier alpha value is -2.90. The molecule has 0 saturated carbocycles. The van der Waals surface area contributed by atoms with Crippen LogP contribution in [0, 0.1) is 0 Å². The summed E-state index contributed by atoms with van der Waals surface area (Å²) in [6.45, 7) is 0.485. The van der Waals surface area contributed by atoms with Gasteiger partial charge >= 0.3 is 12.0 Å². The highest BCUT2D eigenvalue weighted by Gasteiger charge is 2.06. The number of rotatable bonds is 6. The molecule has 8 nitrogen and oxygen atoms in total. The summed E-state index contributed by atoms with van der Waals surface area (Å²) < 4.78 is 0. The number of pyridine rings is 1. The maximum Gasteiger partial charge on any atom is 0.337 e. The van der Waals surface area contributed by atoms with E-state index in [-0.39, 0.29) is 5.56 Å². The summed E-state index contributed by atoms with van der Waals surface area (Å²) in [4.78, 5) is 33.2. The molecule has 110 valence electrons. The number of anilines is 1. The number of aromatic carboxylic acids is 1. The highest BCUT2D eigenvalue weighted by molar-refractivity contribution is 5.92. The Morgan fingerprint density at radius 3 is 2.90 bits per heavy atom. The predicted octanol–water partition coefficient (Wildman–Crippen LogP) is 1.26. The molecule has 0 unspecified atom stereocenters. The summed E-state index contributed by atoms with van der Waals surface area (Å²) in [6.07, 6.45) is 7.51. The second kappa shape index (κ2) is 7.04. The van der Waals surface area contributed by atoms with Crippen LogP contribution in [0.15, 0.2) is 30.9 Å². The van der Waals surface area contributed by atoms with Crippen molar-refractivity contribution in [3.8, 4) is 0 Å². The van der Waals surface area contributed by atoms with Crippen molar-refractivity contribution in [2.75, 3.05) is 11.9 Å². The van der Waals surface area contributed by atoms with E-state index in [4.69, 9.17) is 5.11 Å². The molecule has 0 bridgehead atoms. The third kappa shape index (κ3) is 4.60. The topological polar surface area (TPSA) is 120 Å². The molecule has 2 aromatic heterocycles. The van der Waals surface area contributed by atoms with Crippen LogP contribution in [-0.4, -0.2) is 38.6 Å². The molecule has 0 aliphatic rings. The SMILES string of the molecule is O=C(NCCCc1ncc[nH]1)Nc1cncc(C(=O)O)c1. The molecule has 2 aromatic rings. The van der Waals surface area contributed by atoms with Gasteiger partial charge in [0.2, 0.25) is 0 Å². The van der Waals surface area contributed by atoms with Crippen LogP contribution in [0.25, 0.3) is 0 Å². The van der Waals surface area contributed by atoms with Gasteiger partial charge in [0.05, 0.1) is 17.4 Å². The van der Waals surface area contributed by atoms with Crippen molar-refractivity contribution in [1.82, 2.24) is 20.3 Å². The summed E-state index contributed by atoms with van der Waals surface area (Å²) in [5.41, 5.74) is 0.351. The lowest BCUT2D eigenvalue weighted by molar-refractivity contribution is 0.0696. The number of imidazole rings is 1. The number of urea groups is 1. The first-order valence-corrected chi connectivity index (χ1v) is 6.36. The van der Waals surface area contributed by atoms with Gasteiger partial charge in [0.25, 0.3) is 0 Å². The average Bonchev–Trinajstić information content (AvgIpc) is 2.97. The normalized spacial score (nSPS) is 10.1. The number of amides is 2. The van der Waals surface area contributed by atoms with Gasteiger partial charge in [-0.15, -0.1) is 0 Å². The molecule has 4 N–H and O–H groups in total. The zero-order valence-electron chi connectivity index (χ0n) is 11.2. The minimum Gasteiger partial charge on any atom is -0.478 e. The second-order valence-electron chi connectivity index (χ2n) is 4.29. The molecular weight excluding hydrogens is 274 g/mol. The fraction of sp³-hybridized carbons (Fsp3) is 0.231. The fourth-order valence-corrected chi connectivity index (χ4v) is 1.69. The number of nitrogens with zero attached hydrogens (tertiary/aromatic N) is 2. The number of hydrogen-bond donors (Lipinski definition) is 4. The first-order chi connectivity index (χ1) is 10.1. The van der Waals surface area contributed by atoms with Crippen LogP contribution in [0.3, 0.4) is 0 Å². The lowest BCUT2D eigenvalue weighted by Gasteiger charge is -2.07. The minimum atomic E-state index is -1.09. The maximum atomic E-state index is 11.6. The van der Waals surface area contributed by atoms with E-state index in [1.54, 1.807) is 12.4 Å². The summed E-state index contributed by atoms with van der Waals surface area (Å²) >= 11 is 0. The van der Waals surface area contributed by atoms with E-state index in [0.717, 1.165) is 18.7 Å². The Labute approximate surface area is 120 Å². The monoisotopic (exact) mass is 289 g/mol. The molecule has 2 heterocycles. The lowest BCUT2D eigenvalue weighted by atomic mass is 10.2. The van der Waals surface area contributed by atoms with Crippen LogP contribution >= 0.6 is 0 Å². The first kappa shape index (κ1) is 14.5. The average molecular weight is 289 g/mol. The van der Waals surface area contributed by atoms with Crippen molar-refractivity contribution in [3.63, 3.8) is 0 Å². The minimum absolute atomic E-state index is 0.0191. The molecule has 8 heteroatoms. The molecule has 0 saturated heterocycles. The molecule has 2 rings (SSSR count). The van der Waals surface area contributed by atoms with Crippen LogP contribution in [0.5, 0.6) is 0 Å². The van der Waals surface area contributed by atoms with Crippen molar-refractivity contribution < 1.29 is 14.7 Å². The molecule has 0 radical (unpaired) electrons. The number of aromatic nitrogens is 3. The second-order valence-corrected chi connectivity index (χ2v) is 4.29. The molecule has 2 amide bonds. The number of H-pyrrole nitrogens is 1. The van der Waals surface area contributed by atoms with Crippen molar-refractivity contribution in [2.24, 2.45) is 0 Å². The number of aryl methyl sites for hydroxylation is 1. The van der Waals surface area contributed by atoms with Gasteiger partial charge in [-0.2, -0.15) is 0 Å². The Kier molecular flexibility index (Phi) is 4.86. The van der Waals surface area contributed by atoms with Gasteiger partial charge in [-0.1, -0.05) is 0 Å². The maximum absolute atomic E-state index is 11.6. The number of carboxylic acids is 1. The van der Waals surface area contributed by atoms with Crippen molar-refractivity contribution in [1.29, 1.82) is 0 Å². The van der Waals surface area contributed by atoms with Crippen molar-refractivity contribution >= 4 is 17.7 Å². The van der Waals surface area contributed by atoms with Gasteiger partial charge in [0.1, 0.15) is 5.82 Å². The number of carbonyl (C=O) groups is 2. The van der Waals surface area contributed by atoms with E-state index in [1.807, 2.05) is 0 Å². The van der Waals surface area contributed by atoms with E-state index < -0.39 is 12.0 Å². The zero-order chi connectivity index (χ0) is 15.1. The van der Waals surface area contributed by atoms with Gasteiger partial charge < -0.3 is 20.7 Å². The van der Waals surface area contributed by atoms with Crippen LogP contribution in [0.1, 0.15) is 22.6 Å². The highest BCUT2D eigenvalue weighted by atomic mass is 16.4. The molecular formula is C13H15N5O3. The van der Waals surface area contributed by atoms with E-state index in [2.05, 4.69) is 25.6 Å². The highest BCUT2D eigenvalue weighted by Crippen LogP contribution is 2.08. The fourth-order valence-electron chi connectivity index (χ4n) is 1.69. The zero-order valence-corrected chi connectivity index (χ0v) is 11.2. The van der Waals surface area contributed by atoms with Crippen molar-refractivity contribution in [3.05, 3.63) is 42.2 Å². The molecule has 0 aliphatic heterocycles. The standard InChI is InChI=1S/C13H15N5O3/c19-12(20)9-6-10(8-14-7-9)18-13(21)17-3-1-2-11-15-4-5-16-11/h4-8H,1-3H2,(H,15,16)(H,19,20)(H2,17,18,21). The predicted molar refractivity (Wildman–Crippen MR) is 75.1 cm³/mol. The van der Waals surface area contributed by atoms with E-state index in [0.29, 0.717) is 12.2 Å². The van der Waals surface area contributed by atoms with Gasteiger partial charge in [-0.05, 0) is 12.5 Å². The van der Waals surface area contributed by atoms with Gasteiger partial charge in [0.15, 0.2) is 0 Å². The Morgan fingerprint density at radius 1 is 1.33 bits per heavy atom. The largest absolute Gasteiger partial charge is 0.478 e. The van der Waals surface area contributed by atoms with Crippen LogP contribution in [0.4, 0.5) is 10.5 Å². The van der Waals surface area contributed by atoms with Crippen LogP contribution in [0.2, 0.25) is 0 Å². The number of nitrogens with one attached hydrogen (secondary N) is 3. The number of carboxylic acid groups (broad SMARTS) is 1. The van der Waals surface area contributed by atoms with E-state index >= 15 is 0 Å². The molecule has 0 aliphatic carbocycles. The molecule has 0 aromatic carbocycles. The van der Waals surface area contributed by atoms with E-state index in [9.17, 15) is 9.59 Å². The van der Waals surface area contributed by atoms with Gasteiger partial charge in [0, 0.05) is 31.6 Å². The smallest absolute Gasteiger partial charge is 0.337 e. The van der Waals surface area contributed by atoms with Gasteiger partial charge in [-0.3, -0.25) is 4.98 Å². The number of hydrogen-bond acceptors (Lipinski definition) is 4. The number of carbonyl (C=O) groups excluding carboxylic acids is 1. The van der Waals surface area contributed by atoms with Gasteiger partial charge in [-0.25, -0.2) is 14.6 Å². The summed E-state index contributed by atoms with van der Waals surface area (Å²) in [6, 6.07) is 0.941. The Morgan fingerprint density at radius 2 is 2.19 bits per heavy atom. The third-order valence-corrected chi connectivity index (χ3v) is 2.67. The summed E-state index contributed by atoms with van der Waals surface area (Å²) in [7, 11) is 0. The molecule has 21 heavy (non-hydrogen) atoms. The quantitative estimate of drug-likeness (QED) is 0.597. The molecule has 0 atom stereocenters. The Bertz CT molecular complexity index is 612. The summed E-state index contributed by atoms with van der Waals surface area (Å²) in [5, 5.41) is 14.0. The lowest BCUT2D eigenvalue weighted by Crippen LogP contribution is -2.29. The third-order valence-electron chi connectivity index (χ3n) is 2.67. The molecule has 0 spiro atoms. The summed E-state index contributed by atoms with van der Waals surface area (Å²) in [5.74, 6) is -0.222. The number of aromatic amines is 1. The van der Waals surface area contributed by atoms with Crippen LogP contribution in [-0.2, 0) is 6.42 Å². The molecule has 0 fully saturated rings. The Balaban J connectivity index is 1.74. The first-order valence-electron chi connectivity index (χ1n) is 6.36. The van der Waals surface area contributed by atoms with Crippen LogP contribution < -0.4 is 10.6 Å².